The summed E-state index contributed by atoms with van der Waals surface area (Å²) in [6.07, 6.45) is 8.61. The number of Topliss-reactive ketones (excluding diaryl/α,β-unsaturated/α-hetero) is 2. The largest absolute Gasteiger partial charge is 0.299 e. The summed E-state index contributed by atoms with van der Waals surface area (Å²) >= 11 is -1.14. The van der Waals surface area contributed by atoms with Gasteiger partial charge >= 0.3 is 0 Å². The Hall–Kier alpha value is -0.950. The molecule has 0 bridgehead atoms. The molecule has 0 fully saturated rings. The van der Waals surface area contributed by atoms with Gasteiger partial charge in [-0.1, -0.05) is 41.2 Å². The zero-order valence-electron chi connectivity index (χ0n) is 41.4. The fraction of sp³-hybridized carbons (Fsp3) is 0.895. The molecule has 0 aliphatic heterocycles. The molecule has 0 spiro atoms. The molecule has 0 radical (unpaired) electrons. The van der Waals surface area contributed by atoms with Gasteiger partial charge in [0.25, 0.3) is 10.1 Å². The lowest BCUT2D eigenvalue weighted by Crippen LogP contribution is -2.36. The SMILES string of the molecule is C=C(CS(C)(=O)=O)C(=O)C(C)C.CC(C)(C)C(=O)C(CS(C)(=O)=O)CS(C)(=O)=O.CC(C)(C)OS(C)(=O)=O.CC(C)(C)S(C)(=O)=O.CS(=O)C(C)(C)C.CS(=O)OC(C)(C)C. The molecular formula is C38H82O16S7. The molecule has 2 unspecified atom stereocenters. The third kappa shape index (κ3) is 57.0. The van der Waals surface area contributed by atoms with E-state index in [2.05, 4.69) is 10.8 Å². The normalized spacial score (nSPS) is 14.1. The van der Waals surface area contributed by atoms with E-state index in [4.69, 9.17) is 4.18 Å². The van der Waals surface area contributed by atoms with E-state index in [1.807, 2.05) is 41.5 Å². The molecule has 16 nitrogen and oxygen atoms in total. The van der Waals surface area contributed by atoms with E-state index in [1.165, 1.54) is 12.5 Å². The summed E-state index contributed by atoms with van der Waals surface area (Å²) in [5, 5.41) is 0. The maximum absolute atomic E-state index is 12.0. The van der Waals surface area contributed by atoms with Gasteiger partial charge in [-0.25, -0.2) is 37.9 Å². The average Bonchev–Trinajstić information content (AvgIpc) is 2.85. The molecular weight excluding hydrogens is 937 g/mol. The number of rotatable bonds is 11. The van der Waals surface area contributed by atoms with Crippen LogP contribution in [0.25, 0.3) is 0 Å². The Bertz CT molecular complexity index is 1940. The molecule has 0 aromatic carbocycles. The predicted molar refractivity (Wildman–Crippen MR) is 255 cm³/mol. The first kappa shape index (κ1) is 71.7. The van der Waals surface area contributed by atoms with Crippen LogP contribution in [0, 0.1) is 17.3 Å². The number of sulfone groups is 4. The van der Waals surface area contributed by atoms with Crippen LogP contribution in [0.4, 0.5) is 0 Å². The Morgan fingerprint density at radius 2 is 0.885 bits per heavy atom. The number of ketones is 2. The third-order valence-electron chi connectivity index (χ3n) is 6.17. The highest BCUT2D eigenvalue weighted by Gasteiger charge is 2.34. The van der Waals surface area contributed by atoms with Crippen molar-refractivity contribution in [2.45, 2.75) is 138 Å². The summed E-state index contributed by atoms with van der Waals surface area (Å²) in [4.78, 5) is 23.1. The van der Waals surface area contributed by atoms with Crippen LogP contribution in [0.3, 0.4) is 0 Å². The summed E-state index contributed by atoms with van der Waals surface area (Å²) in [5.41, 5.74) is -1.46. The molecule has 372 valence electrons. The van der Waals surface area contributed by atoms with Gasteiger partial charge in [0.15, 0.2) is 36.5 Å². The van der Waals surface area contributed by atoms with Crippen LogP contribution in [0.5, 0.6) is 0 Å². The Labute approximate surface area is 377 Å². The topological polar surface area (TPSA) is 257 Å². The monoisotopic (exact) mass is 1020 g/mol. The van der Waals surface area contributed by atoms with Crippen molar-refractivity contribution in [1.82, 2.24) is 0 Å². The summed E-state index contributed by atoms with van der Waals surface area (Å²) in [5.74, 6) is -2.76. The van der Waals surface area contributed by atoms with E-state index < -0.39 is 105 Å². The quantitative estimate of drug-likeness (QED) is 0.196. The van der Waals surface area contributed by atoms with Crippen molar-refractivity contribution in [3.8, 4) is 0 Å². The van der Waals surface area contributed by atoms with Crippen molar-refractivity contribution >= 4 is 82.9 Å². The van der Waals surface area contributed by atoms with E-state index in [-0.39, 0.29) is 39.2 Å². The van der Waals surface area contributed by atoms with E-state index in [1.54, 1.807) is 82.4 Å². The minimum absolute atomic E-state index is 0.0278. The fourth-order valence-electron chi connectivity index (χ4n) is 3.14. The molecule has 0 aliphatic rings. The van der Waals surface area contributed by atoms with Crippen LogP contribution in [0.15, 0.2) is 12.2 Å². The highest BCUT2D eigenvalue weighted by Crippen LogP contribution is 2.22. The Balaban J connectivity index is -0.000000154. The highest BCUT2D eigenvalue weighted by molar-refractivity contribution is 7.92. The minimum Gasteiger partial charge on any atom is -0.299 e. The second-order valence-electron chi connectivity index (χ2n) is 19.6. The third-order valence-corrected chi connectivity index (χ3v) is 14.5. The van der Waals surface area contributed by atoms with Gasteiger partial charge < -0.3 is 0 Å². The fourth-order valence-corrected chi connectivity index (χ4v) is 7.68. The maximum atomic E-state index is 12.0. The van der Waals surface area contributed by atoms with Crippen molar-refractivity contribution < 1.29 is 68.5 Å². The molecule has 23 heteroatoms. The summed E-state index contributed by atoms with van der Waals surface area (Å²) < 4.78 is 138. The molecule has 0 saturated carbocycles. The van der Waals surface area contributed by atoms with E-state index in [0.717, 1.165) is 25.0 Å². The molecule has 0 rings (SSSR count). The van der Waals surface area contributed by atoms with Gasteiger partial charge in [-0.05, 0) is 83.1 Å². The Morgan fingerprint density at radius 3 is 0.984 bits per heavy atom. The predicted octanol–water partition coefficient (Wildman–Crippen LogP) is 4.97. The van der Waals surface area contributed by atoms with Crippen LogP contribution >= 0.6 is 0 Å². The smallest absolute Gasteiger partial charge is 0.264 e. The van der Waals surface area contributed by atoms with E-state index in [0.29, 0.717) is 0 Å². The first-order chi connectivity index (χ1) is 25.8. The molecule has 2 atom stereocenters. The van der Waals surface area contributed by atoms with Gasteiger partial charge in [0.05, 0.1) is 39.5 Å². The van der Waals surface area contributed by atoms with Crippen LogP contribution in [0.1, 0.15) is 118 Å². The van der Waals surface area contributed by atoms with Crippen molar-refractivity contribution in [3.05, 3.63) is 12.2 Å². The van der Waals surface area contributed by atoms with E-state index >= 15 is 0 Å². The molecule has 0 saturated heterocycles. The van der Waals surface area contributed by atoms with Crippen molar-refractivity contribution in [1.29, 1.82) is 0 Å². The standard InChI is InChI=1S/C10H20O5S2.C8H14O3S.C5H12O3S.2C5H12O2S.C5H12OS/c1-10(2,3)9(11)8(6-16(4,12)13)7-17(5,14)15;1-6(2)8(9)7(3)5-12(4,10)11;1-5(2,3)8-9(4,6)7;1-5(2,3)8(4,6)7;1-5(2,3)7-8(4)6;1-5(2,3)7(4)6/h8H,6-7H2,1-5H3;6H,3,5H2,1-2,4H3;1-4H3;2*1-4H3;1-4H3. The summed E-state index contributed by atoms with van der Waals surface area (Å²) in [6.45, 7) is 33.4. The van der Waals surface area contributed by atoms with Gasteiger partial charge in [0.1, 0.15) is 25.5 Å². The van der Waals surface area contributed by atoms with Crippen molar-refractivity contribution in [3.63, 3.8) is 0 Å². The number of carbonyl (C=O) groups excluding carboxylic acids is 2. The number of hydrogen-bond donors (Lipinski definition) is 0. The van der Waals surface area contributed by atoms with Crippen LogP contribution in [0.2, 0.25) is 0 Å². The van der Waals surface area contributed by atoms with E-state index in [9.17, 15) is 60.1 Å². The number of hydrogen-bond acceptors (Lipinski definition) is 16. The zero-order chi connectivity index (χ0) is 51.6. The highest BCUT2D eigenvalue weighted by atomic mass is 32.2. The minimum atomic E-state index is -3.39. The lowest BCUT2D eigenvalue weighted by Gasteiger charge is -2.23. The lowest BCUT2D eigenvalue weighted by atomic mass is 9.84. The van der Waals surface area contributed by atoms with Crippen molar-refractivity contribution in [2.24, 2.45) is 17.3 Å². The van der Waals surface area contributed by atoms with Gasteiger partial charge in [-0.2, -0.15) is 8.42 Å². The molecule has 0 aromatic rings. The summed E-state index contributed by atoms with van der Waals surface area (Å²) in [7, 11) is -16.7. The average molecular weight is 1020 g/mol. The molecule has 0 N–H and O–H groups in total. The van der Waals surface area contributed by atoms with Gasteiger partial charge in [-0.15, -0.1) is 0 Å². The number of carbonyl (C=O) groups is 2. The zero-order valence-corrected chi connectivity index (χ0v) is 47.1. The molecule has 0 aliphatic carbocycles. The lowest BCUT2D eigenvalue weighted by molar-refractivity contribution is -0.129. The van der Waals surface area contributed by atoms with Gasteiger partial charge in [-0.3, -0.25) is 22.2 Å². The maximum Gasteiger partial charge on any atom is 0.264 e. The second kappa shape index (κ2) is 27.5. The molecule has 61 heavy (non-hydrogen) atoms. The molecule has 0 heterocycles. The summed E-state index contributed by atoms with van der Waals surface area (Å²) in [6, 6.07) is 0. The Kier molecular flexibility index (Phi) is 32.3. The second-order valence-corrected chi connectivity index (χ2v) is 33.6. The Morgan fingerprint density at radius 1 is 0.590 bits per heavy atom. The molecule has 0 amide bonds. The van der Waals surface area contributed by atoms with Gasteiger partial charge in [0.2, 0.25) is 0 Å². The first-order valence-electron chi connectivity index (χ1n) is 18.5. The van der Waals surface area contributed by atoms with Crippen LogP contribution < -0.4 is 0 Å². The molecule has 0 aromatic heterocycles. The first-order valence-corrected chi connectivity index (χ1v) is 31.5. The van der Waals surface area contributed by atoms with Crippen LogP contribution in [-0.2, 0) is 89.3 Å². The van der Waals surface area contributed by atoms with Crippen molar-refractivity contribution in [2.75, 3.05) is 61.0 Å². The van der Waals surface area contributed by atoms with Gasteiger partial charge in [0, 0.05) is 75.9 Å². The van der Waals surface area contributed by atoms with Crippen LogP contribution in [-0.4, -0.2) is 144 Å².